The summed E-state index contributed by atoms with van der Waals surface area (Å²) in [6, 6.07) is 4.70. The number of nitrogens with one attached hydrogen (secondary N) is 1. The third-order valence-corrected chi connectivity index (χ3v) is 2.95. The molecule has 0 aliphatic heterocycles. The summed E-state index contributed by atoms with van der Waals surface area (Å²) in [5, 5.41) is 11.5. The average molecular weight is 250 g/mol. The van der Waals surface area contributed by atoms with Crippen LogP contribution >= 0.6 is 0 Å². The Morgan fingerprint density at radius 2 is 1.94 bits per heavy atom. The van der Waals surface area contributed by atoms with Crippen molar-refractivity contribution in [2.75, 3.05) is 5.73 Å². The Hall–Kier alpha value is -2.04. The number of hydrogen-bond donors (Lipinski definition) is 3. The summed E-state index contributed by atoms with van der Waals surface area (Å²) in [7, 11) is 0. The van der Waals surface area contributed by atoms with Crippen LogP contribution in [0.25, 0.3) is 0 Å². The van der Waals surface area contributed by atoms with E-state index in [-0.39, 0.29) is 5.91 Å². The van der Waals surface area contributed by atoms with Gasteiger partial charge in [-0.3, -0.25) is 9.59 Å². The third kappa shape index (κ3) is 3.23. The minimum Gasteiger partial charge on any atom is -0.481 e. The zero-order valence-corrected chi connectivity index (χ0v) is 10.7. The first-order valence-corrected chi connectivity index (χ1v) is 5.72. The molecule has 0 bridgehead atoms. The van der Waals surface area contributed by atoms with Crippen molar-refractivity contribution in [2.24, 2.45) is 5.92 Å². The van der Waals surface area contributed by atoms with E-state index in [1.54, 1.807) is 26.0 Å². The van der Waals surface area contributed by atoms with Crippen LogP contribution in [-0.2, 0) is 4.79 Å². The minimum absolute atomic E-state index is 0.350. The number of carboxylic acids is 1. The molecule has 0 radical (unpaired) electrons. The summed E-state index contributed by atoms with van der Waals surface area (Å²) in [4.78, 5) is 22.8. The van der Waals surface area contributed by atoms with Crippen molar-refractivity contribution in [3.63, 3.8) is 0 Å². The van der Waals surface area contributed by atoms with Crippen LogP contribution in [0, 0.1) is 12.8 Å². The molecule has 0 heterocycles. The first kappa shape index (κ1) is 14.0. The topological polar surface area (TPSA) is 92.4 Å². The van der Waals surface area contributed by atoms with E-state index in [0.29, 0.717) is 11.3 Å². The van der Waals surface area contributed by atoms with Crippen LogP contribution in [0.3, 0.4) is 0 Å². The van der Waals surface area contributed by atoms with Gasteiger partial charge in [-0.25, -0.2) is 0 Å². The van der Waals surface area contributed by atoms with E-state index < -0.39 is 17.9 Å². The van der Waals surface area contributed by atoms with Gasteiger partial charge >= 0.3 is 5.97 Å². The van der Waals surface area contributed by atoms with Crippen LogP contribution < -0.4 is 11.1 Å². The van der Waals surface area contributed by atoms with E-state index >= 15 is 0 Å². The molecule has 0 aliphatic carbocycles. The molecule has 18 heavy (non-hydrogen) atoms. The summed E-state index contributed by atoms with van der Waals surface area (Å²) in [5.41, 5.74) is 7.41. The van der Waals surface area contributed by atoms with Gasteiger partial charge < -0.3 is 16.2 Å². The van der Waals surface area contributed by atoms with Crippen molar-refractivity contribution in [1.82, 2.24) is 5.32 Å². The molecule has 98 valence electrons. The highest BCUT2D eigenvalue weighted by Crippen LogP contribution is 2.14. The van der Waals surface area contributed by atoms with Gasteiger partial charge in [-0.15, -0.1) is 0 Å². The number of rotatable bonds is 4. The van der Waals surface area contributed by atoms with Gasteiger partial charge in [0.05, 0.1) is 11.5 Å². The average Bonchev–Trinajstić information content (AvgIpc) is 2.30. The molecule has 1 rings (SSSR count). The summed E-state index contributed by atoms with van der Waals surface area (Å²) < 4.78 is 0. The molecule has 4 N–H and O–H groups in total. The van der Waals surface area contributed by atoms with E-state index in [9.17, 15) is 9.59 Å². The number of aliphatic carboxylic acids is 1. The normalized spacial score (nSPS) is 13.7. The van der Waals surface area contributed by atoms with Gasteiger partial charge in [0.2, 0.25) is 0 Å². The molecule has 1 amide bonds. The molecule has 0 spiro atoms. The molecular formula is C13H18N2O3. The highest BCUT2D eigenvalue weighted by molar-refractivity contribution is 5.99. The Balaban J connectivity index is 2.82. The number of carbonyl (C=O) groups excluding carboxylic acids is 1. The van der Waals surface area contributed by atoms with E-state index in [0.717, 1.165) is 5.56 Å². The Labute approximate surface area is 106 Å². The number of aryl methyl sites for hydroxylation is 1. The third-order valence-electron chi connectivity index (χ3n) is 2.95. The van der Waals surface area contributed by atoms with Crippen LogP contribution in [0.2, 0.25) is 0 Å². The van der Waals surface area contributed by atoms with Crippen molar-refractivity contribution in [3.05, 3.63) is 29.3 Å². The maximum Gasteiger partial charge on any atom is 0.308 e. The number of nitrogen functional groups attached to an aromatic ring is 1. The molecule has 0 saturated heterocycles. The van der Waals surface area contributed by atoms with E-state index in [2.05, 4.69) is 5.32 Å². The van der Waals surface area contributed by atoms with Crippen LogP contribution in [0.4, 0.5) is 5.69 Å². The van der Waals surface area contributed by atoms with Crippen molar-refractivity contribution >= 4 is 17.6 Å². The molecule has 1 aromatic rings. The van der Waals surface area contributed by atoms with E-state index in [1.807, 2.05) is 13.0 Å². The van der Waals surface area contributed by atoms with Gasteiger partial charge in [0.15, 0.2) is 0 Å². The number of carbonyl (C=O) groups is 2. The largest absolute Gasteiger partial charge is 0.481 e. The number of carboxylic acid groups (broad SMARTS) is 1. The first-order chi connectivity index (χ1) is 8.32. The second-order valence-electron chi connectivity index (χ2n) is 4.48. The van der Waals surface area contributed by atoms with Crippen LogP contribution in [0.15, 0.2) is 18.2 Å². The number of benzene rings is 1. The molecule has 0 saturated carbocycles. The fraction of sp³-hybridized carbons (Fsp3) is 0.385. The smallest absolute Gasteiger partial charge is 0.308 e. The molecule has 5 nitrogen and oxygen atoms in total. The molecule has 2 unspecified atom stereocenters. The Kier molecular flexibility index (Phi) is 4.31. The second-order valence-corrected chi connectivity index (χ2v) is 4.48. The molecule has 1 aromatic carbocycles. The van der Waals surface area contributed by atoms with Crippen molar-refractivity contribution in [2.45, 2.75) is 26.8 Å². The second kappa shape index (κ2) is 5.53. The molecule has 0 aliphatic rings. The highest BCUT2D eigenvalue weighted by atomic mass is 16.4. The zero-order valence-electron chi connectivity index (χ0n) is 10.7. The zero-order chi connectivity index (χ0) is 13.9. The van der Waals surface area contributed by atoms with Gasteiger partial charge in [0.1, 0.15) is 0 Å². The Morgan fingerprint density at radius 3 is 2.50 bits per heavy atom. The van der Waals surface area contributed by atoms with Gasteiger partial charge in [-0.05, 0) is 32.9 Å². The van der Waals surface area contributed by atoms with Gasteiger partial charge in [0, 0.05) is 11.7 Å². The monoisotopic (exact) mass is 250 g/mol. The number of nitrogens with two attached hydrogens (primary N) is 1. The molecule has 2 atom stereocenters. The van der Waals surface area contributed by atoms with Gasteiger partial charge in [0.25, 0.3) is 5.91 Å². The summed E-state index contributed by atoms with van der Waals surface area (Å²) in [6.07, 6.45) is 0. The van der Waals surface area contributed by atoms with Gasteiger partial charge in [-0.1, -0.05) is 11.6 Å². The Morgan fingerprint density at radius 1 is 1.33 bits per heavy atom. The summed E-state index contributed by atoms with van der Waals surface area (Å²) >= 11 is 0. The summed E-state index contributed by atoms with van der Waals surface area (Å²) in [6.45, 7) is 5.06. The van der Waals surface area contributed by atoms with Crippen molar-refractivity contribution in [1.29, 1.82) is 0 Å². The highest BCUT2D eigenvalue weighted by Gasteiger charge is 2.22. The Bertz CT molecular complexity index is 471. The number of anilines is 1. The summed E-state index contributed by atoms with van der Waals surface area (Å²) in [5.74, 6) is -1.95. The fourth-order valence-electron chi connectivity index (χ4n) is 1.49. The van der Waals surface area contributed by atoms with E-state index in [1.165, 1.54) is 0 Å². The fourth-order valence-corrected chi connectivity index (χ4v) is 1.49. The minimum atomic E-state index is -0.944. The first-order valence-electron chi connectivity index (χ1n) is 5.72. The standard InChI is InChI=1S/C13H18N2O3/c1-7-4-5-11(14)10(6-7)12(16)15-9(3)8(2)13(17)18/h4-6,8-9H,14H2,1-3H3,(H,15,16)(H,17,18). The van der Waals surface area contributed by atoms with Crippen LogP contribution in [-0.4, -0.2) is 23.0 Å². The van der Waals surface area contributed by atoms with E-state index in [4.69, 9.17) is 10.8 Å². The molecule has 0 fully saturated rings. The SMILES string of the molecule is Cc1ccc(N)c(C(=O)NC(C)C(C)C(=O)O)c1. The number of amides is 1. The molecule has 0 aromatic heterocycles. The molecule has 5 heteroatoms. The maximum absolute atomic E-state index is 12.0. The lowest BCUT2D eigenvalue weighted by Crippen LogP contribution is -2.40. The molecular weight excluding hydrogens is 232 g/mol. The van der Waals surface area contributed by atoms with Crippen LogP contribution in [0.5, 0.6) is 0 Å². The predicted molar refractivity (Wildman–Crippen MR) is 69.3 cm³/mol. The van der Waals surface area contributed by atoms with Crippen LogP contribution in [0.1, 0.15) is 29.8 Å². The van der Waals surface area contributed by atoms with Crippen molar-refractivity contribution < 1.29 is 14.7 Å². The van der Waals surface area contributed by atoms with Crippen molar-refractivity contribution in [3.8, 4) is 0 Å². The van der Waals surface area contributed by atoms with Gasteiger partial charge in [-0.2, -0.15) is 0 Å². The quantitative estimate of drug-likeness (QED) is 0.704. The number of hydrogen-bond acceptors (Lipinski definition) is 3. The lowest BCUT2D eigenvalue weighted by molar-refractivity contribution is -0.141. The lowest BCUT2D eigenvalue weighted by Gasteiger charge is -2.18. The maximum atomic E-state index is 12.0. The lowest BCUT2D eigenvalue weighted by atomic mass is 10.0. The predicted octanol–water partition coefficient (Wildman–Crippen LogP) is 1.42.